The Morgan fingerprint density at radius 1 is 1.16 bits per heavy atom. The Morgan fingerprint density at radius 3 is 2.77 bits per heavy atom. The molecule has 3 aromatic heterocycles. The van der Waals surface area contributed by atoms with Gasteiger partial charge in [-0.05, 0) is 37.0 Å². The van der Waals surface area contributed by atoms with E-state index in [4.69, 9.17) is 4.74 Å². The second-order valence-electron chi connectivity index (χ2n) is 7.35. The van der Waals surface area contributed by atoms with E-state index in [1.165, 1.54) is 11.1 Å². The van der Waals surface area contributed by atoms with E-state index < -0.39 is 0 Å². The highest BCUT2D eigenvalue weighted by molar-refractivity contribution is 5.93. The molecule has 3 heterocycles. The van der Waals surface area contributed by atoms with Crippen molar-refractivity contribution in [2.75, 3.05) is 13.2 Å². The molecule has 0 aliphatic carbocycles. The van der Waals surface area contributed by atoms with E-state index in [1.807, 2.05) is 32.2 Å². The fraction of sp³-hybridized carbons (Fsp3) is 0.261. The maximum atomic E-state index is 12.2. The lowest BCUT2D eigenvalue weighted by atomic mass is 10.1. The molecule has 0 bridgehead atoms. The normalized spacial score (nSPS) is 10.9. The molecular weight excluding hydrogens is 392 g/mol. The predicted molar refractivity (Wildman–Crippen MR) is 118 cm³/mol. The van der Waals surface area contributed by atoms with Crippen LogP contribution in [0.1, 0.15) is 16.7 Å². The molecule has 0 unspecified atom stereocenters. The summed E-state index contributed by atoms with van der Waals surface area (Å²) in [6.07, 6.45) is 5.71. The molecule has 0 saturated carbocycles. The van der Waals surface area contributed by atoms with E-state index in [9.17, 15) is 4.79 Å². The number of benzene rings is 1. The summed E-state index contributed by atoms with van der Waals surface area (Å²) in [4.78, 5) is 25.2. The number of amides is 1. The third-order valence-electron chi connectivity index (χ3n) is 5.10. The molecule has 0 aliphatic heterocycles. The minimum Gasteiger partial charge on any atom is -0.468 e. The zero-order valence-electron chi connectivity index (χ0n) is 17.8. The van der Waals surface area contributed by atoms with Crippen LogP contribution in [0.5, 0.6) is 5.88 Å². The number of carbonyl (C=O) groups is 1. The molecule has 0 saturated heterocycles. The molecule has 0 radical (unpaired) electrons. The van der Waals surface area contributed by atoms with Gasteiger partial charge in [0.15, 0.2) is 12.3 Å². The Balaban J connectivity index is 1.42. The highest BCUT2D eigenvalue weighted by atomic mass is 16.5. The summed E-state index contributed by atoms with van der Waals surface area (Å²) in [5.74, 6) is 0.200. The predicted octanol–water partition coefficient (Wildman–Crippen LogP) is 2.78. The number of hydrogen-bond donors (Lipinski definition) is 1. The van der Waals surface area contributed by atoms with Gasteiger partial charge in [0.05, 0.1) is 11.6 Å². The molecule has 1 N–H and O–H groups in total. The van der Waals surface area contributed by atoms with Crippen LogP contribution in [0.3, 0.4) is 0 Å². The summed E-state index contributed by atoms with van der Waals surface area (Å²) in [7, 11) is 1.82. The standard InChI is InChI=1S/C23H24N6O2/c1-15-6-4-5-7-17(15)8-9-26-19(30)14-31-20-12-16(2)21-22(18-13-24-10-11-25-18)28-29(3)23(21)27-20/h4-7,10-13H,8-9,14H2,1-3H3,(H,26,30). The first kappa shape index (κ1) is 20.5. The summed E-state index contributed by atoms with van der Waals surface area (Å²) < 4.78 is 7.34. The second-order valence-corrected chi connectivity index (χ2v) is 7.35. The van der Waals surface area contributed by atoms with Crippen molar-refractivity contribution < 1.29 is 9.53 Å². The lowest BCUT2D eigenvalue weighted by molar-refractivity contribution is -0.123. The second kappa shape index (κ2) is 8.91. The number of pyridine rings is 1. The Bertz CT molecular complexity index is 1220. The molecule has 1 aromatic carbocycles. The molecule has 0 aliphatic rings. The third-order valence-corrected chi connectivity index (χ3v) is 5.10. The number of fused-ring (bicyclic) bond motifs is 1. The molecule has 8 nitrogen and oxygen atoms in total. The smallest absolute Gasteiger partial charge is 0.258 e. The quantitative estimate of drug-likeness (QED) is 0.498. The van der Waals surface area contributed by atoms with Gasteiger partial charge in [0, 0.05) is 32.1 Å². The lowest BCUT2D eigenvalue weighted by Crippen LogP contribution is -2.30. The van der Waals surface area contributed by atoms with Crippen molar-refractivity contribution in [3.63, 3.8) is 0 Å². The van der Waals surface area contributed by atoms with E-state index in [-0.39, 0.29) is 12.5 Å². The first-order valence-corrected chi connectivity index (χ1v) is 10.1. The van der Waals surface area contributed by atoms with Crippen LogP contribution in [0.4, 0.5) is 0 Å². The van der Waals surface area contributed by atoms with Crippen molar-refractivity contribution in [2.24, 2.45) is 7.05 Å². The van der Waals surface area contributed by atoms with Gasteiger partial charge < -0.3 is 10.1 Å². The molecule has 4 aromatic rings. The van der Waals surface area contributed by atoms with Crippen LogP contribution in [0.2, 0.25) is 0 Å². The van der Waals surface area contributed by atoms with Gasteiger partial charge in [-0.15, -0.1) is 0 Å². The number of nitrogens with one attached hydrogen (secondary N) is 1. The number of aromatic nitrogens is 5. The minimum absolute atomic E-state index is 0.0966. The topological polar surface area (TPSA) is 94.8 Å². The largest absolute Gasteiger partial charge is 0.468 e. The van der Waals surface area contributed by atoms with E-state index in [1.54, 1.807) is 23.3 Å². The summed E-state index contributed by atoms with van der Waals surface area (Å²) in [6.45, 7) is 4.49. The fourth-order valence-corrected chi connectivity index (χ4v) is 3.49. The van der Waals surface area contributed by atoms with Gasteiger partial charge in [-0.2, -0.15) is 10.1 Å². The van der Waals surface area contributed by atoms with Crippen molar-refractivity contribution in [2.45, 2.75) is 20.3 Å². The highest BCUT2D eigenvalue weighted by Gasteiger charge is 2.17. The average molecular weight is 416 g/mol. The maximum absolute atomic E-state index is 12.2. The van der Waals surface area contributed by atoms with Crippen molar-refractivity contribution in [1.29, 1.82) is 0 Å². The number of aryl methyl sites for hydroxylation is 3. The summed E-state index contributed by atoms with van der Waals surface area (Å²) >= 11 is 0. The van der Waals surface area contributed by atoms with Crippen LogP contribution in [0, 0.1) is 13.8 Å². The lowest BCUT2D eigenvalue weighted by Gasteiger charge is -2.09. The minimum atomic E-state index is -0.182. The van der Waals surface area contributed by atoms with Crippen molar-refractivity contribution in [3.8, 4) is 17.3 Å². The van der Waals surface area contributed by atoms with Crippen molar-refractivity contribution in [3.05, 3.63) is 65.6 Å². The van der Waals surface area contributed by atoms with Gasteiger partial charge in [0.25, 0.3) is 5.91 Å². The van der Waals surface area contributed by atoms with E-state index >= 15 is 0 Å². The molecular formula is C23H24N6O2. The van der Waals surface area contributed by atoms with Gasteiger partial charge in [0.1, 0.15) is 11.4 Å². The van der Waals surface area contributed by atoms with Crippen LogP contribution in [-0.2, 0) is 18.3 Å². The molecule has 0 fully saturated rings. The summed E-state index contributed by atoms with van der Waals surface area (Å²) in [5.41, 5.74) is 5.44. The number of rotatable bonds is 7. The van der Waals surface area contributed by atoms with E-state index in [0.717, 1.165) is 23.1 Å². The van der Waals surface area contributed by atoms with Gasteiger partial charge in [0.2, 0.25) is 5.88 Å². The molecule has 158 valence electrons. The Labute approximate surface area is 180 Å². The molecule has 0 spiro atoms. The summed E-state index contributed by atoms with van der Waals surface area (Å²) in [6, 6.07) is 9.97. The van der Waals surface area contributed by atoms with Gasteiger partial charge in [-0.1, -0.05) is 24.3 Å². The van der Waals surface area contributed by atoms with Gasteiger partial charge in [-0.3, -0.25) is 14.8 Å². The third kappa shape index (κ3) is 4.53. The fourth-order valence-electron chi connectivity index (χ4n) is 3.49. The Morgan fingerprint density at radius 2 is 2.00 bits per heavy atom. The van der Waals surface area contributed by atoms with Crippen molar-refractivity contribution >= 4 is 16.9 Å². The number of carbonyl (C=O) groups excluding carboxylic acids is 1. The Kier molecular flexibility index (Phi) is 5.88. The number of ether oxygens (including phenoxy) is 1. The SMILES string of the molecule is Cc1ccccc1CCNC(=O)COc1cc(C)c2c(-c3cnccn3)nn(C)c2n1. The first-order valence-electron chi connectivity index (χ1n) is 10.1. The zero-order valence-corrected chi connectivity index (χ0v) is 17.8. The monoisotopic (exact) mass is 416 g/mol. The zero-order chi connectivity index (χ0) is 21.8. The summed E-state index contributed by atoms with van der Waals surface area (Å²) in [5, 5.41) is 8.33. The molecule has 1 amide bonds. The number of hydrogen-bond acceptors (Lipinski definition) is 6. The molecule has 4 rings (SSSR count). The number of nitrogens with zero attached hydrogens (tertiary/aromatic N) is 5. The first-order chi connectivity index (χ1) is 15.0. The van der Waals surface area contributed by atoms with Gasteiger partial charge in [-0.25, -0.2) is 4.68 Å². The van der Waals surface area contributed by atoms with Crippen LogP contribution in [-0.4, -0.2) is 43.8 Å². The average Bonchev–Trinajstić information content (AvgIpc) is 3.11. The molecule has 0 atom stereocenters. The highest BCUT2D eigenvalue weighted by Crippen LogP contribution is 2.29. The Hall–Kier alpha value is -3.81. The van der Waals surface area contributed by atoms with Crippen molar-refractivity contribution in [1.82, 2.24) is 30.0 Å². The van der Waals surface area contributed by atoms with Crippen LogP contribution >= 0.6 is 0 Å². The van der Waals surface area contributed by atoms with E-state index in [0.29, 0.717) is 23.8 Å². The molecule has 8 heteroatoms. The van der Waals surface area contributed by atoms with Crippen LogP contribution in [0.15, 0.2) is 48.9 Å². The van der Waals surface area contributed by atoms with Gasteiger partial charge >= 0.3 is 0 Å². The molecule has 31 heavy (non-hydrogen) atoms. The van der Waals surface area contributed by atoms with E-state index in [2.05, 4.69) is 44.4 Å². The van der Waals surface area contributed by atoms with Crippen LogP contribution in [0.25, 0.3) is 22.4 Å². The maximum Gasteiger partial charge on any atom is 0.258 e. The van der Waals surface area contributed by atoms with Crippen LogP contribution < -0.4 is 10.1 Å².